The van der Waals surface area contributed by atoms with Crippen LogP contribution in [-0.2, 0) is 16.1 Å². The van der Waals surface area contributed by atoms with Crippen LogP contribution in [0, 0.1) is 6.92 Å². The highest BCUT2D eigenvalue weighted by Gasteiger charge is 2.29. The van der Waals surface area contributed by atoms with Crippen LogP contribution in [0.5, 0.6) is 0 Å². The second kappa shape index (κ2) is 7.66. The maximum absolute atomic E-state index is 12.4. The number of aryl methyl sites for hydroxylation is 1. The minimum atomic E-state index is -0.115. The number of nitrogens with zero attached hydrogens (tertiary/aromatic N) is 2. The van der Waals surface area contributed by atoms with E-state index in [1.807, 2.05) is 25.1 Å². The van der Waals surface area contributed by atoms with Gasteiger partial charge in [0, 0.05) is 32.8 Å². The van der Waals surface area contributed by atoms with Crippen molar-refractivity contribution in [3.63, 3.8) is 0 Å². The van der Waals surface area contributed by atoms with E-state index in [0.717, 1.165) is 25.0 Å². The quantitative estimate of drug-likeness (QED) is 0.860. The Morgan fingerprint density at radius 1 is 1.33 bits per heavy atom. The molecule has 1 atom stereocenters. The zero-order chi connectivity index (χ0) is 16.9. The lowest BCUT2D eigenvalue weighted by Gasteiger charge is -2.19. The van der Waals surface area contributed by atoms with E-state index in [-0.39, 0.29) is 24.6 Å². The summed E-state index contributed by atoms with van der Waals surface area (Å²) in [6.45, 7) is 5.32. The second-order valence-electron chi connectivity index (χ2n) is 6.55. The SMILES string of the molecule is Cc1cccc(CN2CCN(CC(=O)NCC3CCCO3)C2=O)c1. The molecule has 3 rings (SSSR count). The highest BCUT2D eigenvalue weighted by molar-refractivity contribution is 5.85. The van der Waals surface area contributed by atoms with E-state index in [2.05, 4.69) is 11.4 Å². The Balaban J connectivity index is 1.45. The average Bonchev–Trinajstić information content (AvgIpc) is 3.18. The number of urea groups is 1. The van der Waals surface area contributed by atoms with Gasteiger partial charge in [-0.05, 0) is 25.3 Å². The number of amides is 3. The van der Waals surface area contributed by atoms with Crippen LogP contribution in [0.15, 0.2) is 24.3 Å². The number of carbonyl (C=O) groups is 2. The fourth-order valence-electron chi connectivity index (χ4n) is 3.22. The first-order chi connectivity index (χ1) is 11.6. The first kappa shape index (κ1) is 16.8. The molecule has 0 aliphatic carbocycles. The van der Waals surface area contributed by atoms with E-state index in [9.17, 15) is 9.59 Å². The van der Waals surface area contributed by atoms with Crippen molar-refractivity contribution in [3.8, 4) is 0 Å². The molecule has 0 aromatic heterocycles. The third-order valence-corrected chi connectivity index (χ3v) is 4.52. The fraction of sp³-hybridized carbons (Fsp3) is 0.556. The Morgan fingerprint density at radius 2 is 2.17 bits per heavy atom. The maximum atomic E-state index is 12.4. The van der Waals surface area contributed by atoms with Crippen molar-refractivity contribution in [1.82, 2.24) is 15.1 Å². The molecule has 6 heteroatoms. The van der Waals surface area contributed by atoms with Gasteiger partial charge in [-0.25, -0.2) is 4.79 Å². The van der Waals surface area contributed by atoms with Crippen LogP contribution in [0.3, 0.4) is 0 Å². The molecular weight excluding hydrogens is 306 g/mol. The summed E-state index contributed by atoms with van der Waals surface area (Å²) in [7, 11) is 0. The predicted molar refractivity (Wildman–Crippen MR) is 90.5 cm³/mol. The van der Waals surface area contributed by atoms with Crippen LogP contribution in [0.1, 0.15) is 24.0 Å². The van der Waals surface area contributed by atoms with Gasteiger partial charge in [0.2, 0.25) is 5.91 Å². The van der Waals surface area contributed by atoms with E-state index >= 15 is 0 Å². The van der Waals surface area contributed by atoms with Gasteiger partial charge in [-0.15, -0.1) is 0 Å². The van der Waals surface area contributed by atoms with Crippen molar-refractivity contribution >= 4 is 11.9 Å². The van der Waals surface area contributed by atoms with E-state index in [1.54, 1.807) is 9.80 Å². The molecule has 0 radical (unpaired) electrons. The number of hydrogen-bond donors (Lipinski definition) is 1. The summed E-state index contributed by atoms with van der Waals surface area (Å²) in [5, 5.41) is 2.87. The van der Waals surface area contributed by atoms with Crippen LogP contribution in [-0.4, -0.2) is 60.6 Å². The van der Waals surface area contributed by atoms with Crippen LogP contribution in [0.25, 0.3) is 0 Å². The van der Waals surface area contributed by atoms with Crippen molar-refractivity contribution in [2.24, 2.45) is 0 Å². The molecule has 2 fully saturated rings. The zero-order valence-electron chi connectivity index (χ0n) is 14.2. The Hall–Kier alpha value is -2.08. The Morgan fingerprint density at radius 3 is 2.92 bits per heavy atom. The number of rotatable bonds is 6. The summed E-state index contributed by atoms with van der Waals surface area (Å²) >= 11 is 0. The molecule has 0 spiro atoms. The zero-order valence-corrected chi connectivity index (χ0v) is 14.2. The molecular formula is C18H25N3O3. The molecule has 1 unspecified atom stereocenters. The summed E-state index contributed by atoms with van der Waals surface area (Å²) in [5.74, 6) is -0.115. The largest absolute Gasteiger partial charge is 0.376 e. The molecule has 2 heterocycles. The molecule has 0 bridgehead atoms. The Labute approximate surface area is 142 Å². The smallest absolute Gasteiger partial charge is 0.320 e. The first-order valence-corrected chi connectivity index (χ1v) is 8.59. The highest BCUT2D eigenvalue weighted by atomic mass is 16.5. The lowest BCUT2D eigenvalue weighted by molar-refractivity contribution is -0.122. The summed E-state index contributed by atoms with van der Waals surface area (Å²) in [5.41, 5.74) is 2.30. The molecule has 3 amide bonds. The highest BCUT2D eigenvalue weighted by Crippen LogP contribution is 2.14. The molecule has 2 aliphatic rings. The number of hydrogen-bond acceptors (Lipinski definition) is 3. The molecule has 1 aromatic carbocycles. The first-order valence-electron chi connectivity index (χ1n) is 8.59. The van der Waals surface area contributed by atoms with Gasteiger partial charge in [-0.1, -0.05) is 29.8 Å². The third-order valence-electron chi connectivity index (χ3n) is 4.52. The summed E-state index contributed by atoms with van der Waals surface area (Å²) in [4.78, 5) is 27.9. The lowest BCUT2D eigenvalue weighted by atomic mass is 10.1. The molecule has 1 aromatic rings. The van der Waals surface area contributed by atoms with Crippen molar-refractivity contribution in [2.75, 3.05) is 32.8 Å². The number of carbonyl (C=O) groups excluding carboxylic acids is 2. The van der Waals surface area contributed by atoms with Crippen molar-refractivity contribution in [3.05, 3.63) is 35.4 Å². The molecule has 1 N–H and O–H groups in total. The van der Waals surface area contributed by atoms with Gasteiger partial charge in [0.1, 0.15) is 6.54 Å². The molecule has 2 aliphatic heterocycles. The summed E-state index contributed by atoms with van der Waals surface area (Å²) in [6, 6.07) is 8.09. The van der Waals surface area contributed by atoms with Crippen LogP contribution >= 0.6 is 0 Å². The van der Waals surface area contributed by atoms with Gasteiger partial charge in [0.15, 0.2) is 0 Å². The van der Waals surface area contributed by atoms with Crippen molar-refractivity contribution in [1.29, 1.82) is 0 Å². The van der Waals surface area contributed by atoms with Crippen LogP contribution in [0.4, 0.5) is 4.79 Å². The van der Waals surface area contributed by atoms with Gasteiger partial charge in [0.05, 0.1) is 6.10 Å². The van der Waals surface area contributed by atoms with E-state index in [0.29, 0.717) is 26.2 Å². The van der Waals surface area contributed by atoms with Gasteiger partial charge in [-0.2, -0.15) is 0 Å². The van der Waals surface area contributed by atoms with E-state index < -0.39 is 0 Å². The average molecular weight is 331 g/mol. The summed E-state index contributed by atoms with van der Waals surface area (Å²) < 4.78 is 5.48. The number of ether oxygens (including phenoxy) is 1. The lowest BCUT2D eigenvalue weighted by Crippen LogP contribution is -2.41. The van der Waals surface area contributed by atoms with Crippen LogP contribution < -0.4 is 5.32 Å². The topological polar surface area (TPSA) is 61.9 Å². The second-order valence-corrected chi connectivity index (χ2v) is 6.55. The molecule has 2 saturated heterocycles. The predicted octanol–water partition coefficient (Wildman–Crippen LogP) is 1.53. The third kappa shape index (κ3) is 4.26. The van der Waals surface area contributed by atoms with Gasteiger partial charge < -0.3 is 19.9 Å². The maximum Gasteiger partial charge on any atom is 0.320 e. The number of benzene rings is 1. The van der Waals surface area contributed by atoms with Gasteiger partial charge in [-0.3, -0.25) is 4.79 Å². The number of nitrogens with one attached hydrogen (secondary N) is 1. The van der Waals surface area contributed by atoms with E-state index in [1.165, 1.54) is 5.56 Å². The minimum Gasteiger partial charge on any atom is -0.376 e. The normalized spacial score (nSPS) is 20.7. The standard InChI is InChI=1S/C18H25N3O3/c1-14-4-2-5-15(10-14)12-20-7-8-21(18(20)23)13-17(22)19-11-16-6-3-9-24-16/h2,4-5,10,16H,3,6-9,11-13H2,1H3,(H,19,22). The van der Waals surface area contributed by atoms with E-state index in [4.69, 9.17) is 4.74 Å². The van der Waals surface area contributed by atoms with Crippen molar-refractivity contribution in [2.45, 2.75) is 32.4 Å². The molecule has 24 heavy (non-hydrogen) atoms. The van der Waals surface area contributed by atoms with Gasteiger partial charge in [0.25, 0.3) is 0 Å². The molecule has 130 valence electrons. The summed E-state index contributed by atoms with van der Waals surface area (Å²) in [6.07, 6.45) is 2.17. The fourth-order valence-corrected chi connectivity index (χ4v) is 3.22. The Kier molecular flexibility index (Phi) is 5.35. The van der Waals surface area contributed by atoms with Crippen LogP contribution in [0.2, 0.25) is 0 Å². The molecule has 6 nitrogen and oxygen atoms in total. The Bertz CT molecular complexity index is 599. The van der Waals surface area contributed by atoms with Crippen molar-refractivity contribution < 1.29 is 14.3 Å². The minimum absolute atomic E-state index is 0.0660. The van der Waals surface area contributed by atoms with Gasteiger partial charge >= 0.3 is 6.03 Å². The monoisotopic (exact) mass is 331 g/mol. The molecule has 0 saturated carbocycles.